The van der Waals surface area contributed by atoms with Crippen LogP contribution in [0.4, 0.5) is 13.2 Å². The van der Waals surface area contributed by atoms with Gasteiger partial charge in [0.15, 0.2) is 0 Å². The Morgan fingerprint density at radius 1 is 0.867 bits per heavy atom. The molecule has 0 aromatic rings. The van der Waals surface area contributed by atoms with Gasteiger partial charge in [-0.05, 0) is 0 Å². The lowest BCUT2D eigenvalue weighted by atomic mass is 10.2. The van der Waals surface area contributed by atoms with E-state index in [0.717, 1.165) is 13.8 Å². The van der Waals surface area contributed by atoms with Crippen LogP contribution in [0.3, 0.4) is 0 Å². The fourth-order valence-corrected chi connectivity index (χ4v) is 0.354. The average molecular weight is 228 g/mol. The molecule has 0 aliphatic rings. The minimum Gasteiger partial charge on any atom is -0.171 e. The van der Waals surface area contributed by atoms with E-state index in [2.05, 4.69) is 27.7 Å². The van der Waals surface area contributed by atoms with Crippen molar-refractivity contribution in [1.29, 1.82) is 0 Å². The lowest BCUT2D eigenvalue weighted by Crippen LogP contribution is -2.15. The molecule has 0 amide bonds. The normalized spacial score (nSPS) is 10.0. The number of unbranched alkanes of at least 4 members (excludes halogenated alkanes) is 2. The summed E-state index contributed by atoms with van der Waals surface area (Å²) in [6, 6.07) is 0. The highest BCUT2D eigenvalue weighted by atomic mass is 19.4. The lowest BCUT2D eigenvalue weighted by molar-refractivity contribution is -0.164. The standard InChI is InChI=1S/C5H12.C4H7F3.C3H8/c1-3-5-4-2;1-3(2)4(5,6)7;1-3-2/h3-5H2,1-2H3;3H,1-2H3;3H2,1-2H3. The van der Waals surface area contributed by atoms with Gasteiger partial charge in [-0.15, -0.1) is 0 Å². The van der Waals surface area contributed by atoms with Crippen molar-refractivity contribution < 1.29 is 13.2 Å². The van der Waals surface area contributed by atoms with E-state index < -0.39 is 12.1 Å². The van der Waals surface area contributed by atoms with Crippen molar-refractivity contribution in [2.24, 2.45) is 5.92 Å². The second-order valence-electron chi connectivity index (χ2n) is 3.76. The molecule has 0 aliphatic carbocycles. The summed E-state index contributed by atoms with van der Waals surface area (Å²) in [5.41, 5.74) is 0. The fourth-order valence-electron chi connectivity index (χ4n) is 0.354. The van der Waals surface area contributed by atoms with Gasteiger partial charge in [-0.2, -0.15) is 13.2 Å². The summed E-state index contributed by atoms with van der Waals surface area (Å²) < 4.78 is 33.5. The van der Waals surface area contributed by atoms with Gasteiger partial charge in [-0.1, -0.05) is 67.2 Å². The summed E-state index contributed by atoms with van der Waals surface area (Å²) in [5, 5.41) is 0. The molecule has 15 heavy (non-hydrogen) atoms. The smallest absolute Gasteiger partial charge is 0.171 e. The molecule has 96 valence electrons. The van der Waals surface area contributed by atoms with Crippen molar-refractivity contribution in [2.45, 2.75) is 73.4 Å². The summed E-state index contributed by atoms with van der Waals surface area (Å²) in [6.07, 6.45) is 1.33. The molecule has 0 heterocycles. The molecule has 0 nitrogen and oxygen atoms in total. The van der Waals surface area contributed by atoms with E-state index in [1.165, 1.54) is 25.7 Å². The van der Waals surface area contributed by atoms with Gasteiger partial charge in [0, 0.05) is 5.92 Å². The van der Waals surface area contributed by atoms with Crippen LogP contribution in [0.25, 0.3) is 0 Å². The summed E-state index contributed by atoms with van der Waals surface area (Å²) >= 11 is 0. The van der Waals surface area contributed by atoms with Crippen molar-refractivity contribution in [3.63, 3.8) is 0 Å². The van der Waals surface area contributed by atoms with Crippen molar-refractivity contribution in [3.8, 4) is 0 Å². The van der Waals surface area contributed by atoms with Gasteiger partial charge in [0.1, 0.15) is 0 Å². The van der Waals surface area contributed by atoms with Crippen LogP contribution in [0.5, 0.6) is 0 Å². The zero-order valence-electron chi connectivity index (χ0n) is 11.0. The molecule has 0 saturated heterocycles. The molecule has 0 spiro atoms. The Labute approximate surface area is 93.3 Å². The molecule has 0 rings (SSSR count). The van der Waals surface area contributed by atoms with Crippen LogP contribution in [0.15, 0.2) is 0 Å². The number of halogens is 3. The Hall–Kier alpha value is -0.210. The second-order valence-corrected chi connectivity index (χ2v) is 3.76. The highest BCUT2D eigenvalue weighted by Gasteiger charge is 2.31. The van der Waals surface area contributed by atoms with Crippen LogP contribution in [-0.2, 0) is 0 Å². The van der Waals surface area contributed by atoms with Crippen LogP contribution in [0.1, 0.15) is 67.2 Å². The molecule has 0 saturated carbocycles. The first-order valence-corrected chi connectivity index (χ1v) is 5.84. The Morgan fingerprint density at radius 2 is 1.07 bits per heavy atom. The second kappa shape index (κ2) is 13.8. The predicted molar refractivity (Wildman–Crippen MR) is 62.1 cm³/mol. The average Bonchev–Trinajstić information content (AvgIpc) is 2.06. The van der Waals surface area contributed by atoms with E-state index in [4.69, 9.17) is 0 Å². The summed E-state index contributed by atoms with van der Waals surface area (Å²) in [7, 11) is 0. The Bertz CT molecular complexity index is 93.5. The number of alkyl halides is 3. The van der Waals surface area contributed by atoms with Gasteiger partial charge in [0.05, 0.1) is 0 Å². The topological polar surface area (TPSA) is 0 Å². The highest BCUT2D eigenvalue weighted by molar-refractivity contribution is 4.52. The van der Waals surface area contributed by atoms with Crippen LogP contribution < -0.4 is 0 Å². The lowest BCUT2D eigenvalue weighted by Gasteiger charge is -2.07. The predicted octanol–water partition coefficient (Wildman–Crippen LogP) is 5.82. The zero-order chi connectivity index (χ0) is 12.9. The van der Waals surface area contributed by atoms with Gasteiger partial charge in [0.25, 0.3) is 0 Å². The largest absolute Gasteiger partial charge is 0.391 e. The fraction of sp³-hybridized carbons (Fsp3) is 1.00. The van der Waals surface area contributed by atoms with E-state index >= 15 is 0 Å². The summed E-state index contributed by atoms with van der Waals surface area (Å²) in [4.78, 5) is 0. The van der Waals surface area contributed by atoms with Crippen LogP contribution >= 0.6 is 0 Å². The third kappa shape index (κ3) is 31.6. The molecule has 0 radical (unpaired) electrons. The first kappa shape index (κ1) is 20.2. The van der Waals surface area contributed by atoms with E-state index in [1.54, 1.807) is 0 Å². The van der Waals surface area contributed by atoms with E-state index in [1.807, 2.05) is 0 Å². The van der Waals surface area contributed by atoms with Gasteiger partial charge in [-0.3, -0.25) is 0 Å². The molecule has 0 aromatic carbocycles. The molecule has 0 fully saturated rings. The molecule has 0 aliphatic heterocycles. The third-order valence-electron chi connectivity index (χ3n) is 1.36. The van der Waals surface area contributed by atoms with Crippen molar-refractivity contribution >= 4 is 0 Å². The molecule has 0 aromatic heterocycles. The minimum atomic E-state index is -4.00. The molecule has 0 atom stereocenters. The monoisotopic (exact) mass is 228 g/mol. The maximum Gasteiger partial charge on any atom is 0.391 e. The third-order valence-corrected chi connectivity index (χ3v) is 1.36. The van der Waals surface area contributed by atoms with Crippen molar-refractivity contribution in [3.05, 3.63) is 0 Å². The first-order valence-electron chi connectivity index (χ1n) is 5.84. The molecular formula is C12H27F3. The Morgan fingerprint density at radius 3 is 1.07 bits per heavy atom. The van der Waals surface area contributed by atoms with E-state index in [9.17, 15) is 13.2 Å². The molecule has 3 heteroatoms. The van der Waals surface area contributed by atoms with Crippen LogP contribution in [0.2, 0.25) is 0 Å². The van der Waals surface area contributed by atoms with E-state index in [0.29, 0.717) is 0 Å². The minimum absolute atomic E-state index is 1.12. The van der Waals surface area contributed by atoms with Gasteiger partial charge < -0.3 is 0 Å². The quantitative estimate of drug-likeness (QED) is 0.559. The van der Waals surface area contributed by atoms with Crippen LogP contribution in [-0.4, -0.2) is 6.18 Å². The summed E-state index contributed by atoms with van der Waals surface area (Å²) in [6.45, 7) is 10.9. The molecule has 0 bridgehead atoms. The van der Waals surface area contributed by atoms with Gasteiger partial charge >= 0.3 is 6.18 Å². The zero-order valence-corrected chi connectivity index (χ0v) is 11.0. The molecule has 0 N–H and O–H groups in total. The Kier molecular flexibility index (Phi) is 18.6. The molecular weight excluding hydrogens is 201 g/mol. The van der Waals surface area contributed by atoms with Crippen molar-refractivity contribution in [1.82, 2.24) is 0 Å². The maximum atomic E-state index is 11.2. The maximum absolute atomic E-state index is 11.2. The number of rotatable bonds is 2. The van der Waals surface area contributed by atoms with E-state index in [-0.39, 0.29) is 0 Å². The SMILES string of the molecule is CC(C)C(F)(F)F.CCC.CCCCC. The van der Waals surface area contributed by atoms with Crippen LogP contribution in [0, 0.1) is 5.92 Å². The number of hydrogen-bond donors (Lipinski definition) is 0. The summed E-state index contributed by atoms with van der Waals surface area (Å²) in [5.74, 6) is -1.20. The Balaban J connectivity index is -0.000000158. The highest BCUT2D eigenvalue weighted by Crippen LogP contribution is 2.24. The molecule has 0 unspecified atom stereocenters. The number of hydrogen-bond acceptors (Lipinski definition) is 0. The van der Waals surface area contributed by atoms with Gasteiger partial charge in [-0.25, -0.2) is 0 Å². The van der Waals surface area contributed by atoms with Crippen molar-refractivity contribution in [2.75, 3.05) is 0 Å². The first-order chi connectivity index (χ1) is 6.77. The van der Waals surface area contributed by atoms with Gasteiger partial charge in [0.2, 0.25) is 0 Å².